The van der Waals surface area contributed by atoms with Crippen LogP contribution in [0.5, 0.6) is 0 Å². The fourth-order valence-electron chi connectivity index (χ4n) is 2.28. The Balaban J connectivity index is 1.77. The number of piperazine rings is 1. The number of hydrogen-bond donors (Lipinski definition) is 1. The highest BCUT2D eigenvalue weighted by molar-refractivity contribution is 5.91. The zero-order valence-corrected chi connectivity index (χ0v) is 11.2. The van der Waals surface area contributed by atoms with E-state index in [1.807, 2.05) is 6.07 Å². The van der Waals surface area contributed by atoms with Crippen LogP contribution in [0.3, 0.4) is 0 Å². The molecule has 4 nitrogen and oxygen atoms in total. The molecule has 2 rings (SSSR count). The number of carbonyl (C=O) groups excluding carboxylic acids is 1. The van der Waals surface area contributed by atoms with Gasteiger partial charge in [-0.2, -0.15) is 0 Å². The van der Waals surface area contributed by atoms with Gasteiger partial charge < -0.3 is 10.6 Å². The van der Waals surface area contributed by atoms with Gasteiger partial charge in [0.1, 0.15) is 0 Å². The molecule has 0 saturated carbocycles. The van der Waals surface area contributed by atoms with Crippen molar-refractivity contribution in [3.8, 4) is 0 Å². The summed E-state index contributed by atoms with van der Waals surface area (Å²) in [6.45, 7) is 8.63. The van der Waals surface area contributed by atoms with Gasteiger partial charge in [0.05, 0.1) is 0 Å². The van der Waals surface area contributed by atoms with Crippen molar-refractivity contribution in [3.63, 3.8) is 0 Å². The first-order valence-corrected chi connectivity index (χ1v) is 6.67. The maximum absolute atomic E-state index is 10.9. The molecule has 1 aromatic carbocycles. The fraction of sp³-hybridized carbons (Fsp3) is 0.400. The van der Waals surface area contributed by atoms with Crippen molar-refractivity contribution in [2.45, 2.75) is 6.42 Å². The third-order valence-corrected chi connectivity index (χ3v) is 3.57. The van der Waals surface area contributed by atoms with Crippen LogP contribution in [0.25, 0.3) is 0 Å². The Hall–Kier alpha value is -1.81. The van der Waals surface area contributed by atoms with E-state index in [1.54, 1.807) is 0 Å². The second-order valence-electron chi connectivity index (χ2n) is 4.88. The molecular weight excluding hydrogens is 238 g/mol. The van der Waals surface area contributed by atoms with Crippen molar-refractivity contribution in [1.29, 1.82) is 0 Å². The highest BCUT2D eigenvalue weighted by Crippen LogP contribution is 2.15. The number of amides is 1. The summed E-state index contributed by atoms with van der Waals surface area (Å²) < 4.78 is 0. The molecular formula is C15H21N3O. The molecule has 0 atom stereocenters. The van der Waals surface area contributed by atoms with Gasteiger partial charge in [0.25, 0.3) is 0 Å². The average molecular weight is 259 g/mol. The molecule has 1 saturated heterocycles. The highest BCUT2D eigenvalue weighted by Gasteiger charge is 2.17. The van der Waals surface area contributed by atoms with Gasteiger partial charge >= 0.3 is 0 Å². The zero-order valence-electron chi connectivity index (χ0n) is 11.2. The molecule has 1 amide bonds. The Morgan fingerprint density at radius 2 is 1.79 bits per heavy atom. The molecule has 1 aliphatic rings. The van der Waals surface area contributed by atoms with Crippen LogP contribution in [0.15, 0.2) is 42.5 Å². The van der Waals surface area contributed by atoms with Gasteiger partial charge in [-0.25, -0.2) is 0 Å². The lowest BCUT2D eigenvalue weighted by Gasteiger charge is -2.36. The summed E-state index contributed by atoms with van der Waals surface area (Å²) in [5, 5.41) is 0. The van der Waals surface area contributed by atoms with Gasteiger partial charge in [-0.05, 0) is 18.6 Å². The normalized spacial score (nSPS) is 16.3. The molecule has 19 heavy (non-hydrogen) atoms. The van der Waals surface area contributed by atoms with Crippen LogP contribution >= 0.6 is 0 Å². The summed E-state index contributed by atoms with van der Waals surface area (Å²) in [5.74, 6) is -0.386. The molecule has 0 radical (unpaired) electrons. The Morgan fingerprint density at radius 1 is 1.16 bits per heavy atom. The SMILES string of the molecule is C=C(CCN1CCN(c2ccccc2)CC1)C(N)=O. The number of carbonyl (C=O) groups is 1. The Labute approximate surface area is 114 Å². The molecule has 0 bridgehead atoms. The first-order chi connectivity index (χ1) is 9.16. The zero-order chi connectivity index (χ0) is 13.7. The minimum atomic E-state index is -0.386. The molecule has 0 unspecified atom stereocenters. The van der Waals surface area contributed by atoms with E-state index >= 15 is 0 Å². The summed E-state index contributed by atoms with van der Waals surface area (Å²) in [5.41, 5.74) is 6.98. The van der Waals surface area contributed by atoms with Gasteiger partial charge in [0, 0.05) is 44.0 Å². The van der Waals surface area contributed by atoms with Crippen LogP contribution in [0, 0.1) is 0 Å². The molecule has 0 aliphatic carbocycles. The van der Waals surface area contributed by atoms with E-state index in [4.69, 9.17) is 5.73 Å². The average Bonchev–Trinajstić information content (AvgIpc) is 2.46. The molecule has 102 valence electrons. The standard InChI is InChI=1S/C15H21N3O/c1-13(15(16)19)7-8-17-9-11-18(12-10-17)14-5-3-2-4-6-14/h2-6H,1,7-12H2,(H2,16,19). The Bertz CT molecular complexity index is 436. The minimum absolute atomic E-state index is 0.386. The molecule has 1 fully saturated rings. The van der Waals surface area contributed by atoms with E-state index in [9.17, 15) is 4.79 Å². The number of hydrogen-bond acceptors (Lipinski definition) is 3. The number of nitrogens with two attached hydrogens (primary N) is 1. The Morgan fingerprint density at radius 3 is 2.37 bits per heavy atom. The summed E-state index contributed by atoms with van der Waals surface area (Å²) >= 11 is 0. The summed E-state index contributed by atoms with van der Waals surface area (Å²) in [7, 11) is 0. The molecule has 0 spiro atoms. The van der Waals surface area contributed by atoms with Gasteiger partial charge in [-0.15, -0.1) is 0 Å². The van der Waals surface area contributed by atoms with Gasteiger partial charge in [0.2, 0.25) is 5.91 Å². The fourth-order valence-corrected chi connectivity index (χ4v) is 2.28. The first kappa shape index (κ1) is 13.6. The van der Waals surface area contributed by atoms with Crippen molar-refractivity contribution in [2.75, 3.05) is 37.6 Å². The molecule has 1 aromatic rings. The number of benzene rings is 1. The summed E-state index contributed by atoms with van der Waals surface area (Å²) in [6.07, 6.45) is 0.667. The third kappa shape index (κ3) is 3.83. The second-order valence-corrected chi connectivity index (χ2v) is 4.88. The number of anilines is 1. The number of para-hydroxylation sites is 1. The van der Waals surface area contributed by atoms with Crippen molar-refractivity contribution in [2.24, 2.45) is 5.73 Å². The van der Waals surface area contributed by atoms with Crippen LogP contribution in [-0.2, 0) is 4.79 Å². The van der Waals surface area contributed by atoms with Crippen molar-refractivity contribution in [3.05, 3.63) is 42.5 Å². The topological polar surface area (TPSA) is 49.6 Å². The highest BCUT2D eigenvalue weighted by atomic mass is 16.1. The van der Waals surface area contributed by atoms with E-state index in [1.165, 1.54) is 5.69 Å². The van der Waals surface area contributed by atoms with Crippen LogP contribution in [-0.4, -0.2) is 43.5 Å². The minimum Gasteiger partial charge on any atom is -0.369 e. The van der Waals surface area contributed by atoms with Crippen LogP contribution in [0.4, 0.5) is 5.69 Å². The van der Waals surface area contributed by atoms with Crippen molar-refractivity contribution >= 4 is 11.6 Å². The number of primary amides is 1. The summed E-state index contributed by atoms with van der Waals surface area (Å²) in [6, 6.07) is 10.5. The van der Waals surface area contributed by atoms with E-state index in [2.05, 4.69) is 40.6 Å². The third-order valence-electron chi connectivity index (χ3n) is 3.57. The predicted octanol–water partition coefficient (Wildman–Crippen LogP) is 1.24. The number of nitrogens with zero attached hydrogens (tertiary/aromatic N) is 2. The van der Waals surface area contributed by atoms with Crippen LogP contribution < -0.4 is 10.6 Å². The van der Waals surface area contributed by atoms with E-state index < -0.39 is 0 Å². The van der Waals surface area contributed by atoms with Crippen LogP contribution in [0.2, 0.25) is 0 Å². The first-order valence-electron chi connectivity index (χ1n) is 6.67. The number of rotatable bonds is 5. The molecule has 4 heteroatoms. The van der Waals surface area contributed by atoms with Crippen molar-refractivity contribution in [1.82, 2.24) is 4.90 Å². The van der Waals surface area contributed by atoms with Crippen LogP contribution in [0.1, 0.15) is 6.42 Å². The maximum atomic E-state index is 10.9. The molecule has 0 aromatic heterocycles. The molecule has 1 aliphatic heterocycles. The predicted molar refractivity (Wildman–Crippen MR) is 78.0 cm³/mol. The van der Waals surface area contributed by atoms with Gasteiger partial charge in [-0.1, -0.05) is 24.8 Å². The molecule has 2 N–H and O–H groups in total. The van der Waals surface area contributed by atoms with E-state index in [0.29, 0.717) is 12.0 Å². The Kier molecular flexibility index (Phi) is 4.58. The largest absolute Gasteiger partial charge is 0.369 e. The smallest absolute Gasteiger partial charge is 0.244 e. The molecule has 1 heterocycles. The van der Waals surface area contributed by atoms with Gasteiger partial charge in [0.15, 0.2) is 0 Å². The maximum Gasteiger partial charge on any atom is 0.244 e. The quantitative estimate of drug-likeness (QED) is 0.809. The summed E-state index contributed by atoms with van der Waals surface area (Å²) in [4.78, 5) is 15.6. The lowest BCUT2D eigenvalue weighted by Crippen LogP contribution is -2.46. The van der Waals surface area contributed by atoms with E-state index in [-0.39, 0.29) is 5.91 Å². The second kappa shape index (κ2) is 6.38. The lowest BCUT2D eigenvalue weighted by atomic mass is 10.2. The lowest BCUT2D eigenvalue weighted by molar-refractivity contribution is -0.114. The van der Waals surface area contributed by atoms with E-state index in [0.717, 1.165) is 32.7 Å². The monoisotopic (exact) mass is 259 g/mol. The van der Waals surface area contributed by atoms with Crippen molar-refractivity contribution < 1.29 is 4.79 Å². The van der Waals surface area contributed by atoms with Gasteiger partial charge in [-0.3, -0.25) is 9.69 Å².